The molecule has 1 aliphatic rings. The highest BCUT2D eigenvalue weighted by atomic mass is 19.4. The summed E-state index contributed by atoms with van der Waals surface area (Å²) in [6, 6.07) is 5.46. The molecule has 0 radical (unpaired) electrons. The Kier molecular flexibility index (Phi) is 2.87. The van der Waals surface area contributed by atoms with Crippen molar-refractivity contribution in [3.8, 4) is 0 Å². The molecule has 1 N–H and O–H groups in total. The predicted molar refractivity (Wildman–Crippen MR) is 61.0 cm³/mol. The summed E-state index contributed by atoms with van der Waals surface area (Å²) in [7, 11) is 0. The lowest BCUT2D eigenvalue weighted by Gasteiger charge is -2.28. The quantitative estimate of drug-likeness (QED) is 0.823. The second-order valence-corrected chi connectivity index (χ2v) is 5.11. The number of carbonyl (C=O) groups is 1. The Hall–Kier alpha value is -1.52. The van der Waals surface area contributed by atoms with Crippen molar-refractivity contribution in [1.82, 2.24) is 5.32 Å². The molecule has 1 fully saturated rings. The molecule has 5 heteroatoms. The summed E-state index contributed by atoms with van der Waals surface area (Å²) in [5.41, 5.74) is -1.12. The van der Waals surface area contributed by atoms with Crippen LogP contribution in [0.2, 0.25) is 0 Å². The van der Waals surface area contributed by atoms with Gasteiger partial charge in [0.05, 0.1) is 5.56 Å². The van der Waals surface area contributed by atoms with Crippen molar-refractivity contribution in [3.63, 3.8) is 0 Å². The molecule has 0 aliphatic carbocycles. The molecule has 0 saturated carbocycles. The minimum absolute atomic E-state index is 0.0973. The van der Waals surface area contributed by atoms with Crippen molar-refractivity contribution < 1.29 is 18.0 Å². The van der Waals surface area contributed by atoms with E-state index in [4.69, 9.17) is 0 Å². The minimum atomic E-state index is -4.39. The Morgan fingerprint density at radius 1 is 1.28 bits per heavy atom. The largest absolute Gasteiger partial charge is 0.416 e. The predicted octanol–water partition coefficient (Wildman–Crippen LogP) is 3.09. The smallest absolute Gasteiger partial charge is 0.351 e. The van der Waals surface area contributed by atoms with Crippen LogP contribution < -0.4 is 5.32 Å². The molecule has 0 bridgehead atoms. The van der Waals surface area contributed by atoms with Gasteiger partial charge in [-0.15, -0.1) is 0 Å². The molecule has 0 spiro atoms. The van der Waals surface area contributed by atoms with Crippen LogP contribution in [0.25, 0.3) is 0 Å². The van der Waals surface area contributed by atoms with Crippen molar-refractivity contribution in [1.29, 1.82) is 0 Å². The molecular weight excluding hydrogens is 243 g/mol. The maximum Gasteiger partial charge on any atom is 0.416 e. The molecule has 1 aromatic rings. The number of halogens is 3. The highest BCUT2D eigenvalue weighted by Gasteiger charge is 2.44. The molecule has 0 aromatic heterocycles. The molecule has 18 heavy (non-hydrogen) atoms. The number of amides is 1. The van der Waals surface area contributed by atoms with Crippen LogP contribution in [0.1, 0.15) is 37.3 Å². The average Bonchev–Trinajstić information content (AvgIpc) is 2.50. The number of rotatable bonds is 1. The van der Waals surface area contributed by atoms with Gasteiger partial charge in [-0.2, -0.15) is 13.2 Å². The molecule has 1 aromatic carbocycles. The Balaban J connectivity index is 2.49. The van der Waals surface area contributed by atoms with Gasteiger partial charge in [-0.25, -0.2) is 0 Å². The number of benzene rings is 1. The summed E-state index contributed by atoms with van der Waals surface area (Å²) in [5.74, 6) is -0.662. The van der Waals surface area contributed by atoms with E-state index in [-0.39, 0.29) is 17.9 Å². The number of nitrogens with one attached hydrogen (secondary N) is 1. The van der Waals surface area contributed by atoms with Crippen LogP contribution in [-0.2, 0) is 11.0 Å². The highest BCUT2D eigenvalue weighted by molar-refractivity contribution is 5.81. The average molecular weight is 257 g/mol. The van der Waals surface area contributed by atoms with Crippen LogP contribution in [0, 0.1) is 0 Å². The lowest BCUT2D eigenvalue weighted by molar-refractivity contribution is -0.138. The third-order valence-electron chi connectivity index (χ3n) is 3.36. The van der Waals surface area contributed by atoms with E-state index in [9.17, 15) is 18.0 Å². The maximum absolute atomic E-state index is 12.9. The molecule has 1 aliphatic heterocycles. The zero-order valence-electron chi connectivity index (χ0n) is 10.1. The third-order valence-corrected chi connectivity index (χ3v) is 3.36. The monoisotopic (exact) mass is 257 g/mol. The van der Waals surface area contributed by atoms with E-state index in [1.54, 1.807) is 19.9 Å². The van der Waals surface area contributed by atoms with Crippen molar-refractivity contribution in [3.05, 3.63) is 35.4 Å². The van der Waals surface area contributed by atoms with Crippen molar-refractivity contribution in [2.24, 2.45) is 0 Å². The molecule has 1 atom stereocenters. The molecule has 1 amide bonds. The van der Waals surface area contributed by atoms with Crippen LogP contribution in [0.5, 0.6) is 0 Å². The molecule has 1 unspecified atom stereocenters. The summed E-state index contributed by atoms with van der Waals surface area (Å²) in [5, 5.41) is 2.71. The van der Waals surface area contributed by atoms with Gasteiger partial charge in [0.1, 0.15) is 0 Å². The van der Waals surface area contributed by atoms with E-state index in [1.165, 1.54) is 12.1 Å². The Morgan fingerprint density at radius 3 is 2.39 bits per heavy atom. The fourth-order valence-electron chi connectivity index (χ4n) is 2.50. The molecule has 98 valence electrons. The van der Waals surface area contributed by atoms with Crippen molar-refractivity contribution >= 4 is 5.91 Å². The van der Waals surface area contributed by atoms with Gasteiger partial charge in [-0.1, -0.05) is 18.2 Å². The van der Waals surface area contributed by atoms with Crippen molar-refractivity contribution in [2.45, 2.75) is 37.9 Å². The van der Waals surface area contributed by atoms with Gasteiger partial charge in [0.15, 0.2) is 0 Å². The van der Waals surface area contributed by atoms with Gasteiger partial charge in [0, 0.05) is 17.9 Å². The van der Waals surface area contributed by atoms with Crippen LogP contribution in [0.4, 0.5) is 13.2 Å². The molecule has 2 rings (SSSR count). The molecular formula is C13H14F3NO. The zero-order valence-corrected chi connectivity index (χ0v) is 10.1. The van der Waals surface area contributed by atoms with Gasteiger partial charge in [-0.3, -0.25) is 4.79 Å². The third kappa shape index (κ3) is 2.21. The SMILES string of the molecule is CC1(C)NC(=O)CC1c1ccccc1C(F)(F)F. The number of hydrogen-bond donors (Lipinski definition) is 1. The normalized spacial score (nSPS) is 22.9. The van der Waals surface area contributed by atoms with Crippen LogP contribution in [0.3, 0.4) is 0 Å². The first-order chi connectivity index (χ1) is 8.22. The summed E-state index contributed by atoms with van der Waals surface area (Å²) in [6.45, 7) is 3.49. The zero-order chi connectivity index (χ0) is 13.6. The summed E-state index contributed by atoms with van der Waals surface area (Å²) in [6.07, 6.45) is -4.29. The standard InChI is InChI=1S/C13H14F3NO/c1-12(2)10(7-11(18)17-12)8-5-3-4-6-9(8)13(14,15)16/h3-6,10H,7H2,1-2H3,(H,17,18). The van der Waals surface area contributed by atoms with E-state index in [0.717, 1.165) is 6.07 Å². The van der Waals surface area contributed by atoms with E-state index in [2.05, 4.69) is 5.32 Å². The molecule has 2 nitrogen and oxygen atoms in total. The van der Waals surface area contributed by atoms with Gasteiger partial charge in [0.25, 0.3) is 0 Å². The maximum atomic E-state index is 12.9. The van der Waals surface area contributed by atoms with E-state index < -0.39 is 23.2 Å². The van der Waals surface area contributed by atoms with Gasteiger partial charge in [0.2, 0.25) is 5.91 Å². The fraction of sp³-hybridized carbons (Fsp3) is 0.462. The summed E-state index contributed by atoms with van der Waals surface area (Å²) >= 11 is 0. The van der Waals surface area contributed by atoms with Gasteiger partial charge in [-0.05, 0) is 25.5 Å². The van der Waals surface area contributed by atoms with E-state index >= 15 is 0 Å². The molecule has 1 saturated heterocycles. The fourth-order valence-corrected chi connectivity index (χ4v) is 2.50. The topological polar surface area (TPSA) is 29.1 Å². The Labute approximate surface area is 103 Å². The first-order valence-electron chi connectivity index (χ1n) is 5.69. The second kappa shape index (κ2) is 4.00. The van der Waals surface area contributed by atoms with E-state index in [1.807, 2.05) is 0 Å². The summed E-state index contributed by atoms with van der Waals surface area (Å²) < 4.78 is 38.8. The summed E-state index contributed by atoms with van der Waals surface area (Å²) in [4.78, 5) is 11.4. The first-order valence-corrected chi connectivity index (χ1v) is 5.69. The van der Waals surface area contributed by atoms with Crippen LogP contribution >= 0.6 is 0 Å². The van der Waals surface area contributed by atoms with E-state index in [0.29, 0.717) is 0 Å². The Morgan fingerprint density at radius 2 is 1.89 bits per heavy atom. The first kappa shape index (κ1) is 12.9. The minimum Gasteiger partial charge on any atom is -0.351 e. The lowest BCUT2D eigenvalue weighted by Crippen LogP contribution is -2.39. The van der Waals surface area contributed by atoms with Crippen molar-refractivity contribution in [2.75, 3.05) is 0 Å². The molecule has 1 heterocycles. The van der Waals surface area contributed by atoms with Gasteiger partial charge >= 0.3 is 6.18 Å². The lowest BCUT2D eigenvalue weighted by atomic mass is 9.81. The van der Waals surface area contributed by atoms with Gasteiger partial charge < -0.3 is 5.32 Å². The number of alkyl halides is 3. The van der Waals surface area contributed by atoms with Crippen LogP contribution in [0.15, 0.2) is 24.3 Å². The van der Waals surface area contributed by atoms with Crippen LogP contribution in [-0.4, -0.2) is 11.4 Å². The number of hydrogen-bond acceptors (Lipinski definition) is 1. The second-order valence-electron chi connectivity index (χ2n) is 5.11. The number of carbonyl (C=O) groups excluding carboxylic acids is 1. The highest BCUT2D eigenvalue weighted by Crippen LogP contribution is 2.42. The Bertz CT molecular complexity index is 479.